The van der Waals surface area contributed by atoms with E-state index >= 15 is 0 Å². The molecule has 0 unspecified atom stereocenters. The molecule has 3 aromatic rings. The third kappa shape index (κ3) is 4.40. The van der Waals surface area contributed by atoms with Crippen LogP contribution in [0.2, 0.25) is 0 Å². The van der Waals surface area contributed by atoms with Gasteiger partial charge in [0.15, 0.2) is 5.78 Å². The molecule has 0 bridgehead atoms. The zero-order chi connectivity index (χ0) is 21.9. The number of carbonyl (C=O) groups is 1. The van der Waals surface area contributed by atoms with Gasteiger partial charge < -0.3 is 5.11 Å². The molecule has 0 aromatic heterocycles. The Hall–Kier alpha value is -3.08. The van der Waals surface area contributed by atoms with Crippen molar-refractivity contribution in [2.75, 3.05) is 0 Å². The molecular formula is C25H23F3O2. The predicted molar refractivity (Wildman–Crippen MR) is 113 cm³/mol. The number of phenolic OH excluding ortho intramolecular Hbond substituents is 1. The van der Waals surface area contributed by atoms with Gasteiger partial charge >= 0.3 is 6.18 Å². The van der Waals surface area contributed by atoms with E-state index in [4.69, 9.17) is 0 Å². The SMILES string of the molecule is CCCc1ccc(-c2ccc(-c3ccc(C(=O)CC)c(O)c3C(F)(F)F)cc2)cc1. The van der Waals surface area contributed by atoms with E-state index in [-0.39, 0.29) is 17.5 Å². The van der Waals surface area contributed by atoms with Crippen LogP contribution in [-0.4, -0.2) is 10.9 Å². The fraction of sp³-hybridized carbons (Fsp3) is 0.240. The summed E-state index contributed by atoms with van der Waals surface area (Å²) in [5, 5.41) is 10.2. The third-order valence-corrected chi connectivity index (χ3v) is 5.10. The average Bonchev–Trinajstić information content (AvgIpc) is 2.73. The second-order valence-corrected chi connectivity index (χ2v) is 7.18. The first-order valence-electron chi connectivity index (χ1n) is 9.92. The lowest BCUT2D eigenvalue weighted by Gasteiger charge is -2.17. The number of Topliss-reactive ketones (excluding diaryl/α,β-unsaturated/α-hetero) is 1. The largest absolute Gasteiger partial charge is 0.507 e. The molecule has 0 atom stereocenters. The van der Waals surface area contributed by atoms with Gasteiger partial charge in [-0.1, -0.05) is 74.9 Å². The molecule has 1 N–H and O–H groups in total. The summed E-state index contributed by atoms with van der Waals surface area (Å²) in [5.74, 6) is -1.55. The van der Waals surface area contributed by atoms with E-state index in [2.05, 4.69) is 19.1 Å². The number of phenols is 1. The quantitative estimate of drug-likeness (QED) is 0.432. The van der Waals surface area contributed by atoms with Crippen LogP contribution in [0.25, 0.3) is 22.3 Å². The van der Waals surface area contributed by atoms with Crippen molar-refractivity contribution in [3.8, 4) is 28.0 Å². The van der Waals surface area contributed by atoms with Crippen molar-refractivity contribution < 1.29 is 23.1 Å². The van der Waals surface area contributed by atoms with Gasteiger partial charge in [-0.3, -0.25) is 4.79 Å². The van der Waals surface area contributed by atoms with Crippen molar-refractivity contribution in [1.29, 1.82) is 0 Å². The Balaban J connectivity index is 2.01. The van der Waals surface area contributed by atoms with Gasteiger partial charge in [0.25, 0.3) is 0 Å². The standard InChI is InChI=1S/C25H23F3O2/c1-3-5-16-6-8-17(9-7-16)18-10-12-19(13-11-18)20-14-15-21(22(29)4-2)24(30)23(20)25(26,27)28/h6-15,30H,3-5H2,1-2H3. The number of halogens is 3. The smallest absolute Gasteiger partial charge is 0.420 e. The molecule has 3 rings (SSSR count). The van der Waals surface area contributed by atoms with Gasteiger partial charge in [-0.2, -0.15) is 13.2 Å². The number of benzene rings is 3. The Morgan fingerprint density at radius 2 is 1.37 bits per heavy atom. The van der Waals surface area contributed by atoms with E-state index in [0.29, 0.717) is 5.56 Å². The summed E-state index contributed by atoms with van der Waals surface area (Å²) < 4.78 is 41.1. The molecule has 2 nitrogen and oxygen atoms in total. The Bertz CT molecular complexity index is 1030. The van der Waals surface area contributed by atoms with Gasteiger partial charge in [0.2, 0.25) is 0 Å². The average molecular weight is 412 g/mol. The number of rotatable bonds is 6. The van der Waals surface area contributed by atoms with Gasteiger partial charge in [-0.25, -0.2) is 0 Å². The first kappa shape index (κ1) is 21.6. The van der Waals surface area contributed by atoms with Crippen LogP contribution in [0.5, 0.6) is 5.75 Å². The van der Waals surface area contributed by atoms with E-state index in [1.165, 1.54) is 24.6 Å². The van der Waals surface area contributed by atoms with Gasteiger partial charge in [-0.05, 0) is 40.3 Å². The monoisotopic (exact) mass is 412 g/mol. The lowest BCUT2D eigenvalue weighted by molar-refractivity contribution is -0.138. The first-order valence-corrected chi connectivity index (χ1v) is 9.92. The molecule has 0 spiro atoms. The second-order valence-electron chi connectivity index (χ2n) is 7.18. The van der Waals surface area contributed by atoms with Gasteiger partial charge in [-0.15, -0.1) is 0 Å². The zero-order valence-corrected chi connectivity index (χ0v) is 16.9. The van der Waals surface area contributed by atoms with Crippen LogP contribution in [0.15, 0.2) is 60.7 Å². The fourth-order valence-electron chi connectivity index (χ4n) is 3.53. The fourth-order valence-corrected chi connectivity index (χ4v) is 3.53. The molecule has 0 fully saturated rings. The molecule has 3 aromatic carbocycles. The Morgan fingerprint density at radius 3 is 1.87 bits per heavy atom. The van der Waals surface area contributed by atoms with Crippen LogP contribution in [-0.2, 0) is 12.6 Å². The van der Waals surface area contributed by atoms with Gasteiger partial charge in [0.05, 0.1) is 5.56 Å². The highest BCUT2D eigenvalue weighted by molar-refractivity contribution is 5.99. The molecule has 0 aliphatic rings. The molecule has 30 heavy (non-hydrogen) atoms. The molecule has 0 radical (unpaired) electrons. The first-order chi connectivity index (χ1) is 14.3. The van der Waals surface area contributed by atoms with E-state index in [1.54, 1.807) is 24.3 Å². The highest BCUT2D eigenvalue weighted by Crippen LogP contribution is 2.44. The molecule has 0 saturated heterocycles. The molecule has 0 saturated carbocycles. The van der Waals surface area contributed by atoms with E-state index in [1.807, 2.05) is 12.1 Å². The minimum atomic E-state index is -4.79. The molecule has 0 heterocycles. The molecule has 0 amide bonds. The molecule has 0 aliphatic carbocycles. The number of hydrogen-bond donors (Lipinski definition) is 1. The van der Waals surface area contributed by atoms with Crippen molar-refractivity contribution in [2.24, 2.45) is 0 Å². The van der Waals surface area contributed by atoms with Crippen LogP contribution in [0.3, 0.4) is 0 Å². The van der Waals surface area contributed by atoms with Crippen molar-refractivity contribution in [3.05, 3.63) is 77.4 Å². The van der Waals surface area contributed by atoms with Crippen molar-refractivity contribution in [2.45, 2.75) is 39.3 Å². The summed E-state index contributed by atoms with van der Waals surface area (Å²) >= 11 is 0. The van der Waals surface area contributed by atoms with Crippen LogP contribution in [0, 0.1) is 0 Å². The maximum atomic E-state index is 13.7. The van der Waals surface area contributed by atoms with Gasteiger partial charge in [0, 0.05) is 6.42 Å². The molecule has 156 valence electrons. The lowest BCUT2D eigenvalue weighted by atomic mass is 9.92. The summed E-state index contributed by atoms with van der Waals surface area (Å²) in [6.45, 7) is 3.65. The van der Waals surface area contributed by atoms with Crippen LogP contribution in [0.4, 0.5) is 13.2 Å². The highest BCUT2D eigenvalue weighted by atomic mass is 19.4. The Morgan fingerprint density at radius 1 is 0.833 bits per heavy atom. The number of ketones is 1. The van der Waals surface area contributed by atoms with Crippen LogP contribution in [0.1, 0.15) is 48.2 Å². The van der Waals surface area contributed by atoms with E-state index in [0.717, 1.165) is 24.0 Å². The third-order valence-electron chi connectivity index (χ3n) is 5.10. The topological polar surface area (TPSA) is 37.3 Å². The number of aryl methyl sites for hydroxylation is 1. The zero-order valence-electron chi connectivity index (χ0n) is 16.9. The number of carbonyl (C=O) groups excluding carboxylic acids is 1. The maximum absolute atomic E-state index is 13.7. The number of hydrogen-bond acceptors (Lipinski definition) is 2. The van der Waals surface area contributed by atoms with Crippen LogP contribution >= 0.6 is 0 Å². The summed E-state index contributed by atoms with van der Waals surface area (Å²) in [7, 11) is 0. The predicted octanol–water partition coefficient (Wildman–Crippen LogP) is 7.29. The van der Waals surface area contributed by atoms with Crippen LogP contribution < -0.4 is 0 Å². The van der Waals surface area contributed by atoms with Crippen molar-refractivity contribution >= 4 is 5.78 Å². The van der Waals surface area contributed by atoms with Crippen molar-refractivity contribution in [1.82, 2.24) is 0 Å². The highest BCUT2D eigenvalue weighted by Gasteiger charge is 2.38. The Kier molecular flexibility index (Phi) is 6.30. The number of alkyl halides is 3. The normalized spacial score (nSPS) is 11.5. The second kappa shape index (κ2) is 8.74. The van der Waals surface area contributed by atoms with E-state index < -0.39 is 23.3 Å². The minimum absolute atomic E-state index is 0.00987. The summed E-state index contributed by atoms with van der Waals surface area (Å²) in [6.07, 6.45) is -2.72. The lowest BCUT2D eigenvalue weighted by Crippen LogP contribution is -2.10. The Labute approximate surface area is 174 Å². The maximum Gasteiger partial charge on any atom is 0.420 e. The van der Waals surface area contributed by atoms with Gasteiger partial charge in [0.1, 0.15) is 11.3 Å². The summed E-state index contributed by atoms with van der Waals surface area (Å²) in [4.78, 5) is 11.9. The minimum Gasteiger partial charge on any atom is -0.507 e. The summed E-state index contributed by atoms with van der Waals surface area (Å²) in [5.41, 5.74) is 1.78. The number of aromatic hydroxyl groups is 1. The molecule has 0 aliphatic heterocycles. The van der Waals surface area contributed by atoms with E-state index in [9.17, 15) is 23.1 Å². The van der Waals surface area contributed by atoms with Crippen molar-refractivity contribution in [3.63, 3.8) is 0 Å². The summed E-state index contributed by atoms with van der Waals surface area (Å²) in [6, 6.07) is 17.3. The molecule has 5 heteroatoms. The molecular weight excluding hydrogens is 389 g/mol.